The zero-order valence-electron chi connectivity index (χ0n) is 10.9. The first-order valence-electron chi connectivity index (χ1n) is 6.00. The molecule has 0 saturated carbocycles. The van der Waals surface area contributed by atoms with Gasteiger partial charge >= 0.3 is 0 Å². The fourth-order valence-electron chi connectivity index (χ4n) is 2.18. The summed E-state index contributed by atoms with van der Waals surface area (Å²) in [5.41, 5.74) is 7.28. The van der Waals surface area contributed by atoms with Gasteiger partial charge < -0.3 is 0 Å². The van der Waals surface area contributed by atoms with Gasteiger partial charge in [-0.3, -0.25) is 5.84 Å². The molecule has 2 aromatic rings. The van der Waals surface area contributed by atoms with Crippen LogP contribution in [0.5, 0.6) is 0 Å². The van der Waals surface area contributed by atoms with Crippen molar-refractivity contribution in [2.24, 2.45) is 5.84 Å². The van der Waals surface area contributed by atoms with Crippen LogP contribution in [-0.4, -0.2) is 0 Å². The maximum absolute atomic E-state index is 6.06. The molecule has 0 saturated heterocycles. The van der Waals surface area contributed by atoms with E-state index >= 15 is 0 Å². The van der Waals surface area contributed by atoms with Crippen molar-refractivity contribution in [3.8, 4) is 0 Å². The first kappa shape index (κ1) is 14.4. The molecule has 0 amide bonds. The van der Waals surface area contributed by atoms with E-state index < -0.39 is 0 Å². The molecule has 2 aromatic carbocycles. The van der Waals surface area contributed by atoms with Crippen molar-refractivity contribution in [2.45, 2.75) is 19.9 Å². The minimum atomic E-state index is -0.129. The van der Waals surface area contributed by atoms with Crippen LogP contribution in [0.15, 0.2) is 36.4 Å². The Hall–Kier alpha value is -1.06. The summed E-state index contributed by atoms with van der Waals surface area (Å²) in [6.07, 6.45) is 0. The van der Waals surface area contributed by atoms with Crippen LogP contribution >= 0.6 is 23.2 Å². The van der Waals surface area contributed by atoms with Crippen LogP contribution in [-0.2, 0) is 0 Å². The summed E-state index contributed by atoms with van der Waals surface area (Å²) >= 11 is 12.1. The minimum Gasteiger partial charge on any atom is -0.271 e. The van der Waals surface area contributed by atoms with Gasteiger partial charge in [0.25, 0.3) is 0 Å². The number of rotatable bonds is 3. The van der Waals surface area contributed by atoms with E-state index in [-0.39, 0.29) is 6.04 Å². The standard InChI is InChI=1S/C15H16Cl2N2/c1-9-3-4-10(2)14(5-9)15(19-18)11-6-12(16)8-13(17)7-11/h3-8,15,19H,18H2,1-2H3. The molecule has 0 heterocycles. The minimum absolute atomic E-state index is 0.129. The number of nitrogens with two attached hydrogens (primary N) is 1. The van der Waals surface area contributed by atoms with Crippen LogP contribution in [0.4, 0.5) is 0 Å². The Morgan fingerprint density at radius 1 is 1.00 bits per heavy atom. The molecule has 2 nitrogen and oxygen atoms in total. The van der Waals surface area contributed by atoms with Crippen molar-refractivity contribution >= 4 is 23.2 Å². The van der Waals surface area contributed by atoms with Crippen LogP contribution in [0.3, 0.4) is 0 Å². The zero-order chi connectivity index (χ0) is 14.0. The van der Waals surface area contributed by atoms with E-state index in [1.807, 2.05) is 12.1 Å². The molecule has 0 radical (unpaired) electrons. The van der Waals surface area contributed by atoms with Gasteiger partial charge in [-0.15, -0.1) is 0 Å². The summed E-state index contributed by atoms with van der Waals surface area (Å²) < 4.78 is 0. The summed E-state index contributed by atoms with van der Waals surface area (Å²) in [4.78, 5) is 0. The van der Waals surface area contributed by atoms with Gasteiger partial charge in [0.15, 0.2) is 0 Å². The van der Waals surface area contributed by atoms with Crippen molar-refractivity contribution in [1.29, 1.82) is 0 Å². The Balaban J connectivity index is 2.52. The summed E-state index contributed by atoms with van der Waals surface area (Å²) in [5.74, 6) is 5.72. The SMILES string of the molecule is Cc1ccc(C)c(C(NN)c2cc(Cl)cc(Cl)c2)c1. The van der Waals surface area contributed by atoms with Crippen molar-refractivity contribution in [2.75, 3.05) is 0 Å². The van der Waals surface area contributed by atoms with Gasteiger partial charge in [-0.1, -0.05) is 47.0 Å². The molecular weight excluding hydrogens is 279 g/mol. The lowest BCUT2D eigenvalue weighted by Gasteiger charge is -2.20. The van der Waals surface area contributed by atoms with Crippen molar-refractivity contribution in [1.82, 2.24) is 5.43 Å². The quantitative estimate of drug-likeness (QED) is 0.659. The molecule has 0 aliphatic rings. The van der Waals surface area contributed by atoms with Crippen LogP contribution < -0.4 is 11.3 Å². The third kappa shape index (κ3) is 3.28. The Morgan fingerprint density at radius 3 is 2.21 bits per heavy atom. The highest BCUT2D eigenvalue weighted by Gasteiger charge is 2.16. The van der Waals surface area contributed by atoms with Gasteiger partial charge in [-0.05, 0) is 48.7 Å². The zero-order valence-corrected chi connectivity index (χ0v) is 12.4. The lowest BCUT2D eigenvalue weighted by Crippen LogP contribution is -2.29. The highest BCUT2D eigenvalue weighted by Crippen LogP contribution is 2.29. The Bertz CT molecular complexity index is 576. The molecule has 0 fully saturated rings. The third-order valence-corrected chi connectivity index (χ3v) is 3.57. The number of halogens is 2. The molecule has 3 N–H and O–H groups in total. The first-order chi connectivity index (χ1) is 9.01. The van der Waals surface area contributed by atoms with E-state index in [4.69, 9.17) is 29.0 Å². The van der Waals surface area contributed by atoms with E-state index in [1.54, 1.807) is 6.07 Å². The molecule has 1 unspecified atom stereocenters. The van der Waals surface area contributed by atoms with Gasteiger partial charge in [0.05, 0.1) is 6.04 Å². The number of benzene rings is 2. The van der Waals surface area contributed by atoms with Gasteiger partial charge in [0.1, 0.15) is 0 Å². The summed E-state index contributed by atoms with van der Waals surface area (Å²) in [7, 11) is 0. The molecule has 0 bridgehead atoms. The van der Waals surface area contributed by atoms with E-state index in [1.165, 1.54) is 11.1 Å². The lowest BCUT2D eigenvalue weighted by molar-refractivity contribution is 0.633. The van der Waals surface area contributed by atoms with Gasteiger partial charge in [-0.25, -0.2) is 5.43 Å². The van der Waals surface area contributed by atoms with Crippen LogP contribution in [0.25, 0.3) is 0 Å². The second-order valence-corrected chi connectivity index (χ2v) is 5.54. The highest BCUT2D eigenvalue weighted by atomic mass is 35.5. The van der Waals surface area contributed by atoms with Gasteiger partial charge in [0, 0.05) is 10.0 Å². The molecule has 100 valence electrons. The summed E-state index contributed by atoms with van der Waals surface area (Å²) in [5, 5.41) is 1.21. The topological polar surface area (TPSA) is 38.0 Å². The second-order valence-electron chi connectivity index (χ2n) is 4.66. The molecule has 1 atom stereocenters. The first-order valence-corrected chi connectivity index (χ1v) is 6.76. The van der Waals surface area contributed by atoms with Gasteiger partial charge in [0.2, 0.25) is 0 Å². The fourth-order valence-corrected chi connectivity index (χ4v) is 2.72. The maximum atomic E-state index is 6.06. The van der Waals surface area contributed by atoms with Crippen LogP contribution in [0.1, 0.15) is 28.3 Å². The van der Waals surface area contributed by atoms with Crippen LogP contribution in [0, 0.1) is 13.8 Å². The average Bonchev–Trinajstić information content (AvgIpc) is 2.33. The Kier molecular flexibility index (Phi) is 4.48. The average molecular weight is 295 g/mol. The van der Waals surface area contributed by atoms with Crippen molar-refractivity contribution in [3.05, 3.63) is 68.7 Å². The fraction of sp³-hybridized carbons (Fsp3) is 0.200. The molecule has 19 heavy (non-hydrogen) atoms. The predicted molar refractivity (Wildman–Crippen MR) is 81.5 cm³/mol. The number of hydrazine groups is 1. The Morgan fingerprint density at radius 2 is 1.63 bits per heavy atom. The van der Waals surface area contributed by atoms with Crippen molar-refractivity contribution < 1.29 is 0 Å². The smallest absolute Gasteiger partial charge is 0.0713 e. The normalized spacial score (nSPS) is 12.5. The third-order valence-electron chi connectivity index (χ3n) is 3.13. The largest absolute Gasteiger partial charge is 0.271 e. The molecule has 0 aliphatic heterocycles. The number of hydrogen-bond donors (Lipinski definition) is 2. The molecule has 0 aliphatic carbocycles. The lowest BCUT2D eigenvalue weighted by atomic mass is 9.94. The molecule has 0 spiro atoms. The number of hydrogen-bond acceptors (Lipinski definition) is 2. The second kappa shape index (κ2) is 5.93. The monoisotopic (exact) mass is 294 g/mol. The van der Waals surface area contributed by atoms with Crippen LogP contribution in [0.2, 0.25) is 10.0 Å². The Labute approximate surface area is 123 Å². The predicted octanol–water partition coefficient (Wildman–Crippen LogP) is 4.16. The number of aryl methyl sites for hydroxylation is 2. The highest BCUT2D eigenvalue weighted by molar-refractivity contribution is 6.34. The molecular formula is C15H16Cl2N2. The molecule has 4 heteroatoms. The molecule has 0 aromatic heterocycles. The van der Waals surface area contributed by atoms with E-state index in [9.17, 15) is 0 Å². The maximum Gasteiger partial charge on any atom is 0.0713 e. The van der Waals surface area contributed by atoms with Crippen molar-refractivity contribution in [3.63, 3.8) is 0 Å². The summed E-state index contributed by atoms with van der Waals surface area (Å²) in [6.45, 7) is 4.12. The van der Waals surface area contributed by atoms with E-state index in [2.05, 4.69) is 37.5 Å². The van der Waals surface area contributed by atoms with Gasteiger partial charge in [-0.2, -0.15) is 0 Å². The number of nitrogens with one attached hydrogen (secondary N) is 1. The summed E-state index contributed by atoms with van der Waals surface area (Å²) in [6, 6.07) is 11.6. The van der Waals surface area contributed by atoms with E-state index in [0.29, 0.717) is 10.0 Å². The molecule has 2 rings (SSSR count). The van der Waals surface area contributed by atoms with E-state index in [0.717, 1.165) is 11.1 Å².